The third kappa shape index (κ3) is 1.80. The van der Waals surface area contributed by atoms with Gasteiger partial charge < -0.3 is 5.11 Å². The van der Waals surface area contributed by atoms with E-state index in [1.165, 1.54) is 0 Å². The van der Waals surface area contributed by atoms with Crippen LogP contribution in [0.2, 0.25) is 0 Å². The van der Waals surface area contributed by atoms with Crippen molar-refractivity contribution in [3.8, 4) is 5.75 Å². The number of aromatic hydroxyl groups is 1. The summed E-state index contributed by atoms with van der Waals surface area (Å²) in [4.78, 5) is 1.64. The van der Waals surface area contributed by atoms with Crippen molar-refractivity contribution in [2.75, 3.05) is 5.43 Å². The molecule has 4 heteroatoms. The molecule has 0 bridgehead atoms. The number of hydrogen-bond donors (Lipinski definition) is 2. The number of para-hydroxylation sites is 1. The van der Waals surface area contributed by atoms with E-state index in [4.69, 9.17) is 0 Å². The fraction of sp³-hybridized carbons (Fsp3) is 0. The van der Waals surface area contributed by atoms with Gasteiger partial charge in [-0.3, -0.25) is 5.43 Å². The summed E-state index contributed by atoms with van der Waals surface area (Å²) in [5, 5.41) is 14.7. The first-order valence-electron chi connectivity index (χ1n) is 5.32. The van der Waals surface area contributed by atoms with Gasteiger partial charge >= 0.3 is 0 Å². The minimum absolute atomic E-state index is 0.231. The maximum atomic E-state index is 9.47. The van der Waals surface area contributed by atoms with Crippen LogP contribution in [0.15, 0.2) is 54.7 Å². The van der Waals surface area contributed by atoms with Crippen LogP contribution in [-0.2, 0) is 0 Å². The number of nitrogens with one attached hydrogen (secondary N) is 1. The van der Waals surface area contributed by atoms with Crippen LogP contribution in [0.4, 0.5) is 5.69 Å². The second kappa shape index (κ2) is 3.83. The highest BCUT2D eigenvalue weighted by Crippen LogP contribution is 2.19. The summed E-state index contributed by atoms with van der Waals surface area (Å²) in [6.07, 6.45) is 1.75. The van der Waals surface area contributed by atoms with Crippen LogP contribution in [0.3, 0.4) is 0 Å². The van der Waals surface area contributed by atoms with E-state index in [1.54, 1.807) is 23.1 Å². The molecule has 2 N–H and O–H groups in total. The fourth-order valence-corrected chi connectivity index (χ4v) is 1.73. The minimum atomic E-state index is 0.231. The molecule has 0 atom stereocenters. The third-order valence-corrected chi connectivity index (χ3v) is 2.56. The van der Waals surface area contributed by atoms with E-state index in [1.807, 2.05) is 36.4 Å². The molecule has 17 heavy (non-hydrogen) atoms. The zero-order chi connectivity index (χ0) is 11.7. The maximum Gasteiger partial charge on any atom is 0.117 e. The topological polar surface area (TPSA) is 50.1 Å². The van der Waals surface area contributed by atoms with Crippen LogP contribution < -0.4 is 5.43 Å². The van der Waals surface area contributed by atoms with E-state index >= 15 is 0 Å². The summed E-state index contributed by atoms with van der Waals surface area (Å²) in [6.45, 7) is 0. The van der Waals surface area contributed by atoms with E-state index in [-0.39, 0.29) is 5.75 Å². The van der Waals surface area contributed by atoms with Gasteiger partial charge in [0, 0.05) is 11.5 Å². The fourth-order valence-electron chi connectivity index (χ4n) is 1.73. The smallest absolute Gasteiger partial charge is 0.117 e. The molecular formula is C13H11N3O. The molecule has 0 spiro atoms. The number of fused-ring (bicyclic) bond motifs is 1. The van der Waals surface area contributed by atoms with E-state index in [0.717, 1.165) is 16.6 Å². The van der Waals surface area contributed by atoms with Crippen LogP contribution in [-0.4, -0.2) is 15.0 Å². The summed E-state index contributed by atoms with van der Waals surface area (Å²) in [6, 6.07) is 14.9. The van der Waals surface area contributed by atoms with E-state index in [0.29, 0.717) is 0 Å². The summed E-state index contributed by atoms with van der Waals surface area (Å²) < 4.78 is 0. The Kier molecular flexibility index (Phi) is 2.19. The molecule has 0 radical (unpaired) electrons. The van der Waals surface area contributed by atoms with Crippen molar-refractivity contribution in [3.05, 3.63) is 54.7 Å². The number of hydrogen-bond acceptors (Lipinski definition) is 3. The molecule has 0 aliphatic heterocycles. The van der Waals surface area contributed by atoms with Gasteiger partial charge in [-0.05, 0) is 24.3 Å². The van der Waals surface area contributed by atoms with Gasteiger partial charge in [0.05, 0.1) is 17.4 Å². The Bertz CT molecular complexity index is 646. The lowest BCUT2D eigenvalue weighted by Crippen LogP contribution is -2.09. The highest BCUT2D eigenvalue weighted by molar-refractivity contribution is 5.80. The second-order valence-corrected chi connectivity index (χ2v) is 3.78. The van der Waals surface area contributed by atoms with Gasteiger partial charge in [0.2, 0.25) is 0 Å². The molecule has 0 aliphatic carbocycles. The van der Waals surface area contributed by atoms with Crippen LogP contribution in [0.25, 0.3) is 10.9 Å². The molecule has 0 fully saturated rings. The molecule has 0 unspecified atom stereocenters. The summed E-state index contributed by atoms with van der Waals surface area (Å²) >= 11 is 0. The molecule has 0 saturated heterocycles. The lowest BCUT2D eigenvalue weighted by Gasteiger charge is -2.07. The predicted molar refractivity (Wildman–Crippen MR) is 66.9 cm³/mol. The average molecular weight is 225 g/mol. The van der Waals surface area contributed by atoms with Crippen molar-refractivity contribution in [3.63, 3.8) is 0 Å². The Hall–Kier alpha value is -2.49. The number of phenols is 1. The van der Waals surface area contributed by atoms with Gasteiger partial charge in [0.15, 0.2) is 0 Å². The van der Waals surface area contributed by atoms with Crippen LogP contribution in [0.5, 0.6) is 5.75 Å². The molecule has 3 rings (SSSR count). The standard InChI is InChI=1S/C13H11N3O/c17-12-7-6-10-9-14-16(13(10)8-12)15-11-4-2-1-3-5-11/h1-9,15,17H. The number of anilines is 1. The third-order valence-electron chi connectivity index (χ3n) is 2.56. The summed E-state index contributed by atoms with van der Waals surface area (Å²) in [5.74, 6) is 0.231. The highest BCUT2D eigenvalue weighted by Gasteiger charge is 2.03. The van der Waals surface area contributed by atoms with Crippen molar-refractivity contribution in [2.24, 2.45) is 0 Å². The molecule has 2 aromatic carbocycles. The second-order valence-electron chi connectivity index (χ2n) is 3.78. The van der Waals surface area contributed by atoms with Crippen LogP contribution >= 0.6 is 0 Å². The quantitative estimate of drug-likeness (QED) is 0.704. The molecule has 0 saturated carbocycles. The Labute approximate surface area is 98.1 Å². The largest absolute Gasteiger partial charge is 0.508 e. The summed E-state index contributed by atoms with van der Waals surface area (Å²) in [7, 11) is 0. The van der Waals surface area contributed by atoms with Gasteiger partial charge in [0.25, 0.3) is 0 Å². The zero-order valence-electron chi connectivity index (χ0n) is 9.04. The minimum Gasteiger partial charge on any atom is -0.508 e. The Morgan fingerprint density at radius 1 is 1.06 bits per heavy atom. The molecule has 84 valence electrons. The molecule has 1 heterocycles. The van der Waals surface area contributed by atoms with E-state index in [2.05, 4.69) is 10.5 Å². The molecule has 3 aromatic rings. The van der Waals surface area contributed by atoms with E-state index in [9.17, 15) is 5.11 Å². The molecule has 4 nitrogen and oxygen atoms in total. The SMILES string of the molecule is Oc1ccc2cnn(Nc3ccccc3)c2c1. The lowest BCUT2D eigenvalue weighted by molar-refractivity contribution is 0.476. The van der Waals surface area contributed by atoms with Crippen molar-refractivity contribution in [1.82, 2.24) is 9.89 Å². The van der Waals surface area contributed by atoms with Crippen molar-refractivity contribution >= 4 is 16.6 Å². The number of nitrogens with zero attached hydrogens (tertiary/aromatic N) is 2. The van der Waals surface area contributed by atoms with Crippen molar-refractivity contribution in [1.29, 1.82) is 0 Å². The highest BCUT2D eigenvalue weighted by atomic mass is 16.3. The first-order chi connectivity index (χ1) is 8.33. The number of phenolic OH excluding ortho intramolecular Hbond substituents is 1. The van der Waals surface area contributed by atoms with Gasteiger partial charge in [-0.1, -0.05) is 18.2 Å². The first kappa shape index (κ1) is 9.72. The Balaban J connectivity index is 2.03. The summed E-state index contributed by atoms with van der Waals surface area (Å²) in [5.41, 5.74) is 4.94. The molecule has 1 aromatic heterocycles. The van der Waals surface area contributed by atoms with Gasteiger partial charge in [-0.25, -0.2) is 0 Å². The average Bonchev–Trinajstić information content (AvgIpc) is 2.73. The lowest BCUT2D eigenvalue weighted by atomic mass is 10.2. The molecule has 0 amide bonds. The monoisotopic (exact) mass is 225 g/mol. The Morgan fingerprint density at radius 2 is 1.88 bits per heavy atom. The zero-order valence-corrected chi connectivity index (χ0v) is 9.04. The predicted octanol–water partition coefficient (Wildman–Crippen LogP) is 2.62. The molecular weight excluding hydrogens is 214 g/mol. The maximum absolute atomic E-state index is 9.47. The number of aromatic nitrogens is 2. The number of benzene rings is 2. The first-order valence-corrected chi connectivity index (χ1v) is 5.32. The van der Waals surface area contributed by atoms with Gasteiger partial charge in [-0.2, -0.15) is 9.89 Å². The van der Waals surface area contributed by atoms with Gasteiger partial charge in [0.1, 0.15) is 5.75 Å². The number of rotatable bonds is 2. The normalized spacial score (nSPS) is 10.6. The molecule has 0 aliphatic rings. The Morgan fingerprint density at radius 3 is 2.71 bits per heavy atom. The van der Waals surface area contributed by atoms with Crippen LogP contribution in [0, 0.1) is 0 Å². The van der Waals surface area contributed by atoms with Crippen molar-refractivity contribution < 1.29 is 5.11 Å². The van der Waals surface area contributed by atoms with Gasteiger partial charge in [-0.15, -0.1) is 0 Å². The van der Waals surface area contributed by atoms with E-state index < -0.39 is 0 Å². The van der Waals surface area contributed by atoms with Crippen LogP contribution in [0.1, 0.15) is 0 Å². The van der Waals surface area contributed by atoms with Crippen molar-refractivity contribution in [2.45, 2.75) is 0 Å².